The summed E-state index contributed by atoms with van der Waals surface area (Å²) >= 11 is 0. The van der Waals surface area contributed by atoms with Crippen LogP contribution in [0, 0.1) is 0 Å². The van der Waals surface area contributed by atoms with Gasteiger partial charge in [0.1, 0.15) is 19.3 Å². The fourth-order valence-electron chi connectivity index (χ4n) is 5.79. The second-order valence-corrected chi connectivity index (χ2v) is 18.5. The normalized spacial score (nSPS) is 14.9. The van der Waals surface area contributed by atoms with Gasteiger partial charge in [0.05, 0.1) is 34.4 Å². The van der Waals surface area contributed by atoms with E-state index in [1.807, 2.05) is 33.3 Å². The van der Waals surface area contributed by atoms with Gasteiger partial charge in [0, 0.05) is 13.0 Å². The highest BCUT2D eigenvalue weighted by Crippen LogP contribution is 2.43. The number of phosphoric ester groups is 1. The molecule has 9 heteroatoms. The zero-order valence-corrected chi connectivity index (χ0v) is 43.5. The Balaban J connectivity index is 4.37. The minimum absolute atomic E-state index is 0.0590. The minimum Gasteiger partial charge on any atom is -0.457 e. The summed E-state index contributed by atoms with van der Waals surface area (Å²) in [4.78, 5) is 23.0. The summed E-state index contributed by atoms with van der Waals surface area (Å²) in [5.74, 6) is -0.413. The number of rotatable bonds is 44. The van der Waals surface area contributed by atoms with Gasteiger partial charge in [-0.25, -0.2) is 4.57 Å². The molecule has 0 saturated heterocycles. The van der Waals surface area contributed by atoms with Crippen molar-refractivity contribution in [3.8, 4) is 0 Å². The lowest BCUT2D eigenvalue weighted by Gasteiger charge is -2.24. The third-order valence-corrected chi connectivity index (χ3v) is 10.6. The number of nitrogens with zero attached hydrogens (tertiary/aromatic N) is 1. The molecule has 2 unspecified atom stereocenters. The molecule has 0 rings (SSSR count). The molecule has 0 aliphatic rings. The van der Waals surface area contributed by atoms with Gasteiger partial charge in [-0.3, -0.25) is 13.8 Å². The van der Waals surface area contributed by atoms with Gasteiger partial charge in [0.2, 0.25) is 0 Å². The van der Waals surface area contributed by atoms with Gasteiger partial charge in [-0.05, 0) is 109 Å². The number of hydrogen-bond donors (Lipinski definition) is 1. The van der Waals surface area contributed by atoms with Crippen molar-refractivity contribution >= 4 is 13.8 Å². The molecule has 376 valence electrons. The van der Waals surface area contributed by atoms with Crippen LogP contribution in [0.1, 0.15) is 142 Å². The largest absolute Gasteiger partial charge is 0.472 e. The van der Waals surface area contributed by atoms with Crippen LogP contribution in [0.25, 0.3) is 0 Å². The summed E-state index contributed by atoms with van der Waals surface area (Å²) in [6, 6.07) is 0. The molecule has 1 N–H and O–H groups in total. The number of esters is 1. The van der Waals surface area contributed by atoms with Gasteiger partial charge in [0.15, 0.2) is 0 Å². The summed E-state index contributed by atoms with van der Waals surface area (Å²) in [7, 11) is 1.57. The van der Waals surface area contributed by atoms with E-state index >= 15 is 0 Å². The van der Waals surface area contributed by atoms with Crippen molar-refractivity contribution in [2.45, 2.75) is 148 Å². The maximum absolute atomic E-state index is 12.7. The molecule has 0 aliphatic carbocycles. The van der Waals surface area contributed by atoms with Gasteiger partial charge >= 0.3 is 13.8 Å². The van der Waals surface area contributed by atoms with Crippen LogP contribution in [0.2, 0.25) is 0 Å². The van der Waals surface area contributed by atoms with E-state index in [4.69, 9.17) is 18.5 Å². The second-order valence-electron chi connectivity index (χ2n) is 17.1. The van der Waals surface area contributed by atoms with Crippen LogP contribution in [0.15, 0.2) is 158 Å². The number of allylic oxidation sites excluding steroid dienone is 26. The molecule has 67 heavy (non-hydrogen) atoms. The lowest BCUT2D eigenvalue weighted by atomic mass is 10.1. The molecular weight excluding hydrogens is 854 g/mol. The molecule has 0 aromatic rings. The molecule has 0 aromatic heterocycles. The van der Waals surface area contributed by atoms with Crippen LogP contribution < -0.4 is 0 Å². The predicted octanol–water partition coefficient (Wildman–Crippen LogP) is 15.8. The smallest absolute Gasteiger partial charge is 0.457 e. The summed E-state index contributed by atoms with van der Waals surface area (Å²) in [6.45, 7) is 5.17. The van der Waals surface area contributed by atoms with Crippen LogP contribution in [0.4, 0.5) is 0 Å². The Morgan fingerprint density at radius 3 is 1.21 bits per heavy atom. The lowest BCUT2D eigenvalue weighted by molar-refractivity contribution is -0.870. The predicted molar refractivity (Wildman–Crippen MR) is 288 cm³/mol. The highest BCUT2D eigenvalue weighted by atomic mass is 31.2. The van der Waals surface area contributed by atoms with Crippen LogP contribution in [-0.4, -0.2) is 75.6 Å². The number of carbonyl (C=O) groups excluding carboxylic acids is 1. The van der Waals surface area contributed by atoms with E-state index in [0.717, 1.165) is 116 Å². The summed E-state index contributed by atoms with van der Waals surface area (Å²) in [5, 5.41) is 0. The molecular formula is C58H93NO7P+. The van der Waals surface area contributed by atoms with Crippen molar-refractivity contribution in [3.63, 3.8) is 0 Å². The fraction of sp³-hybridized carbons (Fsp3) is 0.534. The van der Waals surface area contributed by atoms with Crippen molar-refractivity contribution < 1.29 is 37.3 Å². The van der Waals surface area contributed by atoms with Crippen LogP contribution in [0.3, 0.4) is 0 Å². The maximum Gasteiger partial charge on any atom is 0.472 e. The van der Waals surface area contributed by atoms with E-state index in [0.29, 0.717) is 24.1 Å². The molecule has 0 aliphatic heterocycles. The minimum atomic E-state index is -4.32. The topological polar surface area (TPSA) is 91.3 Å². The fourth-order valence-corrected chi connectivity index (χ4v) is 6.53. The average Bonchev–Trinajstić information content (AvgIpc) is 3.29. The molecule has 0 radical (unpaired) electrons. The van der Waals surface area contributed by atoms with Crippen LogP contribution >= 0.6 is 7.82 Å². The van der Waals surface area contributed by atoms with E-state index in [1.165, 1.54) is 0 Å². The number of likely N-dealkylation sites (N-methyl/N-ethyl adjacent to an activating group) is 1. The number of hydrogen-bond acceptors (Lipinski definition) is 6. The summed E-state index contributed by atoms with van der Waals surface area (Å²) in [5.41, 5.74) is 0. The molecule has 0 heterocycles. The van der Waals surface area contributed by atoms with Crippen LogP contribution in [-0.2, 0) is 27.9 Å². The molecule has 0 amide bonds. The first-order chi connectivity index (χ1) is 32.6. The number of ether oxygens (including phenoxy) is 2. The van der Waals surface area contributed by atoms with E-state index in [1.54, 1.807) is 0 Å². The SMILES string of the molecule is CC/C=C\C/C=C\C/C=C\C/C=C\C/C=C\C/C=C\C/C=C\CCCCCCOCC(COP(=O)(O)OCC[N+](C)(C)C)OC(=O)CC/C=C\C/C=C\C/C=C\C/C=C\C/C=C\C/C=C\CC. The molecule has 0 bridgehead atoms. The van der Waals surface area contributed by atoms with Gasteiger partial charge in [-0.1, -0.05) is 185 Å². The van der Waals surface area contributed by atoms with Crippen molar-refractivity contribution in [2.24, 2.45) is 0 Å². The molecule has 0 aromatic carbocycles. The Labute approximate surface area is 410 Å². The summed E-state index contributed by atoms with van der Waals surface area (Å²) < 4.78 is 35.0. The van der Waals surface area contributed by atoms with E-state index in [-0.39, 0.29) is 26.2 Å². The first kappa shape index (κ1) is 63.1. The van der Waals surface area contributed by atoms with E-state index in [2.05, 4.69) is 160 Å². The Morgan fingerprint density at radius 2 is 0.821 bits per heavy atom. The Kier molecular flexibility index (Phi) is 45.8. The number of unbranched alkanes of at least 4 members (excludes halogenated alkanes) is 4. The van der Waals surface area contributed by atoms with Crippen molar-refractivity contribution in [2.75, 3.05) is 54.1 Å². The quantitative estimate of drug-likeness (QED) is 0.0214. The first-order valence-corrected chi connectivity index (χ1v) is 26.7. The van der Waals surface area contributed by atoms with Crippen molar-refractivity contribution in [3.05, 3.63) is 158 Å². The van der Waals surface area contributed by atoms with E-state index < -0.39 is 19.9 Å². The molecule has 0 saturated carbocycles. The zero-order chi connectivity index (χ0) is 49.0. The molecule has 0 spiro atoms. The lowest BCUT2D eigenvalue weighted by Crippen LogP contribution is -2.37. The van der Waals surface area contributed by atoms with E-state index in [9.17, 15) is 14.3 Å². The standard InChI is InChI=1S/C58H92NO7P/c1-6-8-10-12-14-16-18-20-22-24-26-27-28-29-30-31-32-34-36-38-40-42-44-46-48-50-53-63-55-57(56-65-67(61,62)64-54-52-59(3,4)5)66-58(60)51-49-47-45-43-41-39-37-35-33-25-23-21-19-17-15-13-11-9-7-2/h8-11,14-17,20-23,26-27,29-30,32-35,38-41,45,47,57H,6-7,12-13,18-19,24-25,28,31,36-37,42-44,46,48-56H2,1-5H3/p+1/b10-8-,11-9-,16-14-,17-15-,22-20-,23-21-,27-26-,30-29-,34-32-,35-33-,40-38-,41-39-,47-45-. The molecule has 0 fully saturated rings. The highest BCUT2D eigenvalue weighted by Gasteiger charge is 2.26. The van der Waals surface area contributed by atoms with Gasteiger partial charge in [0.25, 0.3) is 0 Å². The number of quaternary nitrogens is 1. The maximum atomic E-state index is 12.7. The Hall–Kier alpha value is -3.88. The van der Waals surface area contributed by atoms with Crippen molar-refractivity contribution in [1.29, 1.82) is 0 Å². The van der Waals surface area contributed by atoms with Crippen LogP contribution in [0.5, 0.6) is 0 Å². The zero-order valence-electron chi connectivity index (χ0n) is 42.6. The average molecular weight is 947 g/mol. The molecule has 2 atom stereocenters. The van der Waals surface area contributed by atoms with Gasteiger partial charge in [-0.15, -0.1) is 0 Å². The second kappa shape index (κ2) is 48.6. The third kappa shape index (κ3) is 52.9. The third-order valence-electron chi connectivity index (χ3n) is 9.60. The number of phosphoric acid groups is 1. The first-order valence-electron chi connectivity index (χ1n) is 25.2. The Bertz CT molecular complexity index is 1620. The number of carbonyl (C=O) groups is 1. The Morgan fingerprint density at radius 1 is 0.463 bits per heavy atom. The van der Waals surface area contributed by atoms with Crippen molar-refractivity contribution in [1.82, 2.24) is 0 Å². The summed E-state index contributed by atoms with van der Waals surface area (Å²) in [6.07, 6.45) is 74.5. The highest BCUT2D eigenvalue weighted by molar-refractivity contribution is 7.47. The van der Waals surface area contributed by atoms with Gasteiger partial charge < -0.3 is 18.9 Å². The molecule has 8 nitrogen and oxygen atoms in total. The van der Waals surface area contributed by atoms with Gasteiger partial charge in [-0.2, -0.15) is 0 Å². The monoisotopic (exact) mass is 947 g/mol.